The summed E-state index contributed by atoms with van der Waals surface area (Å²) in [6, 6.07) is 6.38. The first-order chi connectivity index (χ1) is 8.47. The van der Waals surface area contributed by atoms with E-state index >= 15 is 0 Å². The van der Waals surface area contributed by atoms with Crippen molar-refractivity contribution in [1.29, 1.82) is 0 Å². The fourth-order valence-corrected chi connectivity index (χ4v) is 2.10. The second kappa shape index (κ2) is 6.72. The molecule has 0 saturated carbocycles. The zero-order chi connectivity index (χ0) is 13.6. The molecule has 0 radical (unpaired) electrons. The Morgan fingerprint density at radius 2 is 2.17 bits per heavy atom. The summed E-state index contributed by atoms with van der Waals surface area (Å²) >= 11 is 0. The first kappa shape index (κ1) is 14.9. The number of ether oxygens (including phenoxy) is 1. The van der Waals surface area contributed by atoms with Crippen LogP contribution in [0.4, 0.5) is 0 Å². The number of benzene rings is 1. The third kappa shape index (κ3) is 4.64. The number of hydrogen-bond acceptors (Lipinski definition) is 5. The van der Waals surface area contributed by atoms with Gasteiger partial charge in [0, 0.05) is 12.3 Å². The van der Waals surface area contributed by atoms with Crippen LogP contribution in [0.1, 0.15) is 6.42 Å². The van der Waals surface area contributed by atoms with Gasteiger partial charge in [-0.2, -0.15) is 0 Å². The predicted octanol–water partition coefficient (Wildman–Crippen LogP) is 0.439. The zero-order valence-corrected chi connectivity index (χ0v) is 11.4. The van der Waals surface area contributed by atoms with Crippen molar-refractivity contribution in [3.05, 3.63) is 24.3 Å². The molecular weight excluding hydrogens is 254 g/mol. The van der Waals surface area contributed by atoms with Gasteiger partial charge in [-0.1, -0.05) is 6.07 Å². The molecule has 0 aliphatic carbocycles. The minimum absolute atomic E-state index is 0.0110. The van der Waals surface area contributed by atoms with E-state index < -0.39 is 9.84 Å². The van der Waals surface area contributed by atoms with E-state index in [4.69, 9.17) is 9.84 Å². The highest BCUT2D eigenvalue weighted by Crippen LogP contribution is 2.17. The molecule has 0 aliphatic rings. The van der Waals surface area contributed by atoms with Crippen molar-refractivity contribution in [2.75, 3.05) is 26.5 Å². The van der Waals surface area contributed by atoms with Gasteiger partial charge in [-0.3, -0.25) is 0 Å². The summed E-state index contributed by atoms with van der Waals surface area (Å²) < 4.78 is 28.2. The monoisotopic (exact) mass is 273 g/mol. The van der Waals surface area contributed by atoms with Crippen molar-refractivity contribution in [3.63, 3.8) is 0 Å². The molecule has 0 bridgehead atoms. The summed E-state index contributed by atoms with van der Waals surface area (Å²) in [5.41, 5.74) is 0. The van der Waals surface area contributed by atoms with Gasteiger partial charge in [0.05, 0.1) is 18.1 Å². The van der Waals surface area contributed by atoms with Crippen LogP contribution in [-0.4, -0.2) is 46.1 Å². The molecule has 1 unspecified atom stereocenters. The summed E-state index contributed by atoms with van der Waals surface area (Å²) in [5.74, 6) is 0.519. The maximum atomic E-state index is 11.4. The van der Waals surface area contributed by atoms with Crippen LogP contribution in [0, 0.1) is 0 Å². The highest BCUT2D eigenvalue weighted by Gasteiger charge is 2.08. The van der Waals surface area contributed by atoms with Crippen LogP contribution in [-0.2, 0) is 9.84 Å². The van der Waals surface area contributed by atoms with Crippen LogP contribution >= 0.6 is 0 Å². The van der Waals surface area contributed by atoms with Crippen molar-refractivity contribution in [2.24, 2.45) is 0 Å². The standard InChI is InChI=1S/C12H19NO4S/c1-13-10(9-14)6-7-17-11-4-3-5-12(8-11)18(2,15)16/h3-5,8,10,13-14H,6-7,9H2,1-2H3. The number of aliphatic hydroxyl groups is 1. The maximum Gasteiger partial charge on any atom is 0.175 e. The van der Waals surface area contributed by atoms with E-state index in [2.05, 4.69) is 5.32 Å². The van der Waals surface area contributed by atoms with E-state index in [1.165, 1.54) is 12.1 Å². The number of nitrogens with one attached hydrogen (secondary N) is 1. The molecule has 1 rings (SSSR count). The van der Waals surface area contributed by atoms with Crippen LogP contribution in [0.25, 0.3) is 0 Å². The van der Waals surface area contributed by atoms with Gasteiger partial charge in [-0.05, 0) is 31.7 Å². The molecule has 0 aliphatic heterocycles. The Morgan fingerprint density at radius 1 is 1.44 bits per heavy atom. The molecule has 5 nitrogen and oxygen atoms in total. The molecule has 0 saturated heterocycles. The Kier molecular flexibility index (Phi) is 5.58. The van der Waals surface area contributed by atoms with Crippen LogP contribution < -0.4 is 10.1 Å². The van der Waals surface area contributed by atoms with Gasteiger partial charge in [0.1, 0.15) is 5.75 Å². The maximum absolute atomic E-state index is 11.4. The summed E-state index contributed by atoms with van der Waals surface area (Å²) in [4.78, 5) is 0.243. The normalized spacial score (nSPS) is 13.3. The topological polar surface area (TPSA) is 75.6 Å². The van der Waals surface area contributed by atoms with Gasteiger partial charge < -0.3 is 15.2 Å². The average molecular weight is 273 g/mol. The van der Waals surface area contributed by atoms with E-state index in [9.17, 15) is 8.42 Å². The van der Waals surface area contributed by atoms with Crippen LogP contribution in [0.3, 0.4) is 0 Å². The molecule has 0 spiro atoms. The molecular formula is C12H19NO4S. The number of hydrogen-bond donors (Lipinski definition) is 2. The molecule has 1 aromatic rings. The van der Waals surface area contributed by atoms with Gasteiger partial charge in [-0.25, -0.2) is 8.42 Å². The van der Waals surface area contributed by atoms with E-state index in [0.29, 0.717) is 18.8 Å². The molecule has 1 atom stereocenters. The molecule has 18 heavy (non-hydrogen) atoms. The van der Waals surface area contributed by atoms with Gasteiger partial charge in [-0.15, -0.1) is 0 Å². The molecule has 0 amide bonds. The molecule has 1 aromatic carbocycles. The Morgan fingerprint density at radius 3 is 2.72 bits per heavy atom. The van der Waals surface area contributed by atoms with Gasteiger partial charge in [0.15, 0.2) is 9.84 Å². The predicted molar refractivity (Wildman–Crippen MR) is 69.6 cm³/mol. The Hall–Kier alpha value is -1.11. The zero-order valence-electron chi connectivity index (χ0n) is 10.6. The number of sulfone groups is 1. The van der Waals surface area contributed by atoms with Crippen molar-refractivity contribution in [3.8, 4) is 5.75 Å². The van der Waals surface area contributed by atoms with Gasteiger partial charge >= 0.3 is 0 Å². The second-order valence-electron chi connectivity index (χ2n) is 4.05. The lowest BCUT2D eigenvalue weighted by Gasteiger charge is -2.13. The highest BCUT2D eigenvalue weighted by molar-refractivity contribution is 7.90. The number of aliphatic hydroxyl groups excluding tert-OH is 1. The summed E-state index contributed by atoms with van der Waals surface area (Å²) in [7, 11) is -1.44. The third-order valence-electron chi connectivity index (χ3n) is 2.60. The number of rotatable bonds is 7. The van der Waals surface area contributed by atoms with E-state index in [-0.39, 0.29) is 17.5 Å². The SMILES string of the molecule is CNC(CO)CCOc1cccc(S(C)(=O)=O)c1. The van der Waals surface area contributed by atoms with Crippen molar-refractivity contribution in [1.82, 2.24) is 5.32 Å². The lowest BCUT2D eigenvalue weighted by Crippen LogP contribution is -2.30. The molecule has 102 valence electrons. The third-order valence-corrected chi connectivity index (χ3v) is 3.71. The first-order valence-corrected chi connectivity index (χ1v) is 7.57. The van der Waals surface area contributed by atoms with E-state index in [0.717, 1.165) is 6.26 Å². The molecule has 0 aromatic heterocycles. The molecule has 0 fully saturated rings. The Bertz CT molecular complexity index is 469. The number of likely N-dealkylation sites (N-methyl/N-ethyl adjacent to an activating group) is 1. The molecule has 6 heteroatoms. The van der Waals surface area contributed by atoms with Crippen molar-refractivity contribution < 1.29 is 18.3 Å². The highest BCUT2D eigenvalue weighted by atomic mass is 32.2. The van der Waals surface area contributed by atoms with Gasteiger partial charge in [0.2, 0.25) is 0 Å². The summed E-state index contributed by atoms with van der Waals surface area (Å²) in [5, 5.41) is 11.9. The van der Waals surface area contributed by atoms with Crippen LogP contribution in [0.2, 0.25) is 0 Å². The largest absolute Gasteiger partial charge is 0.493 e. The summed E-state index contributed by atoms with van der Waals surface area (Å²) in [6.45, 7) is 0.461. The van der Waals surface area contributed by atoms with Crippen LogP contribution in [0.5, 0.6) is 5.75 Å². The lowest BCUT2D eigenvalue weighted by molar-refractivity contribution is 0.214. The second-order valence-corrected chi connectivity index (χ2v) is 6.07. The Balaban J connectivity index is 2.58. The quantitative estimate of drug-likeness (QED) is 0.754. The first-order valence-electron chi connectivity index (χ1n) is 5.68. The molecule has 0 heterocycles. The lowest BCUT2D eigenvalue weighted by atomic mass is 10.2. The van der Waals surface area contributed by atoms with Crippen molar-refractivity contribution >= 4 is 9.84 Å². The van der Waals surface area contributed by atoms with Crippen molar-refractivity contribution in [2.45, 2.75) is 17.4 Å². The molecule has 2 N–H and O–H groups in total. The Labute approximate surface area is 108 Å². The van der Waals surface area contributed by atoms with E-state index in [1.54, 1.807) is 19.2 Å². The average Bonchev–Trinajstić information content (AvgIpc) is 2.34. The fraction of sp³-hybridized carbons (Fsp3) is 0.500. The summed E-state index contributed by atoms with van der Waals surface area (Å²) in [6.07, 6.45) is 1.81. The minimum atomic E-state index is -3.21. The fourth-order valence-electron chi connectivity index (χ4n) is 1.44. The smallest absolute Gasteiger partial charge is 0.175 e. The van der Waals surface area contributed by atoms with Gasteiger partial charge in [0.25, 0.3) is 0 Å². The minimum Gasteiger partial charge on any atom is -0.493 e. The van der Waals surface area contributed by atoms with E-state index in [1.807, 2.05) is 0 Å². The van der Waals surface area contributed by atoms with Crippen LogP contribution in [0.15, 0.2) is 29.2 Å².